The molecule has 0 aromatic heterocycles. The molecule has 0 saturated carbocycles. The number of benzene rings is 1. The van der Waals surface area contributed by atoms with Crippen LogP contribution in [0.4, 0.5) is 0 Å². The fourth-order valence-corrected chi connectivity index (χ4v) is 3.38. The summed E-state index contributed by atoms with van der Waals surface area (Å²) in [4.78, 5) is 2.45. The molecule has 0 amide bonds. The van der Waals surface area contributed by atoms with Crippen LogP contribution in [0, 0.1) is 11.8 Å². The van der Waals surface area contributed by atoms with E-state index in [0.717, 1.165) is 24.4 Å². The van der Waals surface area contributed by atoms with Crippen molar-refractivity contribution in [3.63, 3.8) is 0 Å². The molecular formula is C15H21ClN2O2. The highest BCUT2D eigenvalue weighted by molar-refractivity contribution is 6.32. The van der Waals surface area contributed by atoms with Gasteiger partial charge < -0.3 is 15.2 Å². The minimum Gasteiger partial charge on any atom is -0.454 e. The van der Waals surface area contributed by atoms with Gasteiger partial charge in [0.25, 0.3) is 0 Å². The molecule has 0 aliphatic carbocycles. The van der Waals surface area contributed by atoms with Crippen LogP contribution < -0.4 is 15.2 Å². The van der Waals surface area contributed by atoms with Crippen LogP contribution in [0.5, 0.6) is 11.5 Å². The molecule has 3 rings (SSSR count). The fourth-order valence-electron chi connectivity index (χ4n) is 3.10. The summed E-state index contributed by atoms with van der Waals surface area (Å²) < 4.78 is 10.8. The summed E-state index contributed by atoms with van der Waals surface area (Å²) in [6, 6.07) is 4.16. The molecule has 20 heavy (non-hydrogen) atoms. The number of hydrogen-bond acceptors (Lipinski definition) is 4. The molecule has 0 radical (unpaired) electrons. The summed E-state index contributed by atoms with van der Waals surface area (Å²) in [6.07, 6.45) is 0. The van der Waals surface area contributed by atoms with Gasteiger partial charge in [0.1, 0.15) is 0 Å². The van der Waals surface area contributed by atoms with Crippen LogP contribution in [-0.2, 0) is 0 Å². The zero-order valence-corrected chi connectivity index (χ0v) is 12.7. The lowest BCUT2D eigenvalue weighted by atomic mass is 10.0. The molecule has 0 bridgehead atoms. The van der Waals surface area contributed by atoms with Gasteiger partial charge in [0, 0.05) is 25.7 Å². The van der Waals surface area contributed by atoms with E-state index < -0.39 is 0 Å². The molecule has 1 fully saturated rings. The van der Waals surface area contributed by atoms with Crippen LogP contribution in [0.1, 0.15) is 25.5 Å². The normalized spacial score (nSPS) is 27.0. The lowest BCUT2D eigenvalue weighted by Gasteiger charge is -2.27. The Morgan fingerprint density at radius 1 is 1.30 bits per heavy atom. The number of nitrogens with two attached hydrogens (primary N) is 1. The van der Waals surface area contributed by atoms with Gasteiger partial charge in [-0.15, -0.1) is 0 Å². The number of halogens is 1. The van der Waals surface area contributed by atoms with Crippen molar-refractivity contribution in [2.75, 3.05) is 26.4 Å². The van der Waals surface area contributed by atoms with Crippen molar-refractivity contribution in [3.8, 4) is 11.5 Å². The molecule has 3 unspecified atom stereocenters. The third-order valence-corrected chi connectivity index (χ3v) is 4.80. The third-order valence-electron chi connectivity index (χ3n) is 4.51. The molecule has 110 valence electrons. The van der Waals surface area contributed by atoms with Gasteiger partial charge in [0.15, 0.2) is 11.5 Å². The Balaban J connectivity index is 1.88. The second kappa shape index (κ2) is 5.43. The summed E-state index contributed by atoms with van der Waals surface area (Å²) in [5.74, 6) is 2.78. The molecule has 4 nitrogen and oxygen atoms in total. The number of ether oxygens (including phenoxy) is 2. The maximum absolute atomic E-state index is 6.28. The monoisotopic (exact) mass is 296 g/mol. The van der Waals surface area contributed by atoms with Gasteiger partial charge in [0.05, 0.1) is 5.02 Å². The molecular weight excluding hydrogens is 276 g/mol. The topological polar surface area (TPSA) is 47.7 Å². The predicted octanol–water partition coefficient (Wildman–Crippen LogP) is 2.66. The molecule has 2 N–H and O–H groups in total. The lowest BCUT2D eigenvalue weighted by Crippen LogP contribution is -2.32. The van der Waals surface area contributed by atoms with Crippen LogP contribution in [0.3, 0.4) is 0 Å². The second-order valence-electron chi connectivity index (χ2n) is 5.90. The maximum atomic E-state index is 6.28. The fraction of sp³-hybridized carbons (Fsp3) is 0.600. The van der Waals surface area contributed by atoms with Gasteiger partial charge in [-0.05, 0) is 29.5 Å². The highest BCUT2D eigenvalue weighted by Gasteiger charge is 2.32. The van der Waals surface area contributed by atoms with E-state index in [1.54, 1.807) is 0 Å². The Morgan fingerprint density at radius 2 is 2.00 bits per heavy atom. The van der Waals surface area contributed by atoms with Gasteiger partial charge in [-0.2, -0.15) is 0 Å². The van der Waals surface area contributed by atoms with Gasteiger partial charge in [-0.25, -0.2) is 0 Å². The van der Waals surface area contributed by atoms with Crippen LogP contribution in [0.25, 0.3) is 0 Å². The van der Waals surface area contributed by atoms with Crippen molar-refractivity contribution in [2.45, 2.75) is 19.9 Å². The van der Waals surface area contributed by atoms with Gasteiger partial charge >= 0.3 is 0 Å². The van der Waals surface area contributed by atoms with E-state index in [4.69, 9.17) is 26.8 Å². The largest absolute Gasteiger partial charge is 0.454 e. The molecule has 1 aromatic carbocycles. The van der Waals surface area contributed by atoms with E-state index in [-0.39, 0.29) is 12.8 Å². The van der Waals surface area contributed by atoms with E-state index in [0.29, 0.717) is 29.2 Å². The molecule has 3 atom stereocenters. The van der Waals surface area contributed by atoms with Crippen molar-refractivity contribution < 1.29 is 9.47 Å². The smallest absolute Gasteiger partial charge is 0.231 e. The number of hydrogen-bond donors (Lipinski definition) is 1. The summed E-state index contributed by atoms with van der Waals surface area (Å²) in [6.45, 7) is 7.57. The van der Waals surface area contributed by atoms with Crippen molar-refractivity contribution >= 4 is 11.6 Å². The Labute approximate surface area is 124 Å². The second-order valence-corrected chi connectivity index (χ2v) is 6.30. The first kappa shape index (κ1) is 14.0. The van der Waals surface area contributed by atoms with Gasteiger partial charge in [-0.1, -0.05) is 25.4 Å². The lowest BCUT2D eigenvalue weighted by molar-refractivity contribution is 0.174. The van der Waals surface area contributed by atoms with E-state index in [1.807, 2.05) is 12.1 Å². The standard InChI is InChI=1S/C15H21ClN2O2/c1-9-6-18(7-10(9)2)13(5-17)11-3-12(16)15-14(4-11)19-8-20-15/h3-4,9-10,13H,5-8,17H2,1-2H3. The molecule has 0 spiro atoms. The minimum atomic E-state index is 0.189. The highest BCUT2D eigenvalue weighted by atomic mass is 35.5. The summed E-state index contributed by atoms with van der Waals surface area (Å²) in [7, 11) is 0. The molecule has 5 heteroatoms. The number of rotatable bonds is 3. The zero-order valence-electron chi connectivity index (χ0n) is 11.9. The Hall–Kier alpha value is -0.970. The number of fused-ring (bicyclic) bond motifs is 1. The van der Waals surface area contributed by atoms with Crippen molar-refractivity contribution in [1.82, 2.24) is 4.90 Å². The van der Waals surface area contributed by atoms with E-state index in [1.165, 1.54) is 0 Å². The first-order chi connectivity index (χ1) is 9.60. The maximum Gasteiger partial charge on any atom is 0.231 e. The van der Waals surface area contributed by atoms with Gasteiger partial charge in [0.2, 0.25) is 6.79 Å². The third kappa shape index (κ3) is 2.36. The van der Waals surface area contributed by atoms with E-state index in [2.05, 4.69) is 18.7 Å². The molecule has 1 aromatic rings. The van der Waals surface area contributed by atoms with Crippen LogP contribution in [-0.4, -0.2) is 31.3 Å². The molecule has 2 aliphatic heterocycles. The Bertz CT molecular complexity index is 499. The first-order valence-electron chi connectivity index (χ1n) is 7.13. The Kier molecular flexibility index (Phi) is 3.80. The van der Waals surface area contributed by atoms with Crippen LogP contribution in [0.15, 0.2) is 12.1 Å². The average molecular weight is 297 g/mol. The SMILES string of the molecule is CC1CN(C(CN)c2cc(Cl)c3c(c2)OCO3)CC1C. The van der Waals surface area contributed by atoms with Crippen molar-refractivity contribution in [1.29, 1.82) is 0 Å². The first-order valence-corrected chi connectivity index (χ1v) is 7.51. The molecule has 2 heterocycles. The average Bonchev–Trinajstić information content (AvgIpc) is 2.99. The minimum absolute atomic E-state index is 0.189. The molecule has 2 aliphatic rings. The number of nitrogens with zero attached hydrogens (tertiary/aromatic N) is 1. The van der Waals surface area contributed by atoms with Crippen molar-refractivity contribution in [2.24, 2.45) is 17.6 Å². The number of likely N-dealkylation sites (tertiary alicyclic amines) is 1. The van der Waals surface area contributed by atoms with E-state index >= 15 is 0 Å². The van der Waals surface area contributed by atoms with Gasteiger partial charge in [-0.3, -0.25) is 4.90 Å². The zero-order chi connectivity index (χ0) is 14.3. The molecule has 1 saturated heterocycles. The quantitative estimate of drug-likeness (QED) is 0.931. The highest BCUT2D eigenvalue weighted by Crippen LogP contribution is 2.42. The predicted molar refractivity (Wildman–Crippen MR) is 79.3 cm³/mol. The Morgan fingerprint density at radius 3 is 2.65 bits per heavy atom. The summed E-state index contributed by atoms with van der Waals surface area (Å²) in [5, 5.41) is 0.605. The van der Waals surface area contributed by atoms with Crippen LogP contribution in [0.2, 0.25) is 5.02 Å². The van der Waals surface area contributed by atoms with E-state index in [9.17, 15) is 0 Å². The van der Waals surface area contributed by atoms with Crippen LogP contribution >= 0.6 is 11.6 Å². The van der Waals surface area contributed by atoms with Crippen molar-refractivity contribution in [3.05, 3.63) is 22.7 Å². The summed E-state index contributed by atoms with van der Waals surface area (Å²) >= 11 is 6.28. The summed E-state index contributed by atoms with van der Waals surface area (Å²) in [5.41, 5.74) is 7.13.